The molecule has 0 radical (unpaired) electrons. The highest BCUT2D eigenvalue weighted by Gasteiger charge is 2.17. The van der Waals surface area contributed by atoms with Crippen molar-refractivity contribution in [3.05, 3.63) is 38.3 Å². The zero-order chi connectivity index (χ0) is 18.7. The maximum atomic E-state index is 6.23. The van der Waals surface area contributed by atoms with Crippen LogP contribution in [0.3, 0.4) is 0 Å². The summed E-state index contributed by atoms with van der Waals surface area (Å²) >= 11 is 9.83. The minimum atomic E-state index is 0.140. The van der Waals surface area contributed by atoms with Gasteiger partial charge in [0.1, 0.15) is 5.15 Å². The van der Waals surface area contributed by atoms with E-state index < -0.39 is 0 Å². The van der Waals surface area contributed by atoms with E-state index in [0.29, 0.717) is 17.3 Å². The van der Waals surface area contributed by atoms with Gasteiger partial charge in [0.05, 0.1) is 23.3 Å². The molecule has 0 amide bonds. The molecule has 0 unspecified atom stereocenters. The quantitative estimate of drug-likeness (QED) is 0.626. The summed E-state index contributed by atoms with van der Waals surface area (Å²) in [5, 5.41) is 5.71. The fourth-order valence-electron chi connectivity index (χ4n) is 2.53. The minimum absolute atomic E-state index is 0.140. The molecular weight excluding hydrogens is 404 g/mol. The molecule has 3 aromatic heterocycles. The maximum Gasteiger partial charge on any atom is 0.223 e. The van der Waals surface area contributed by atoms with Crippen molar-refractivity contribution in [2.75, 3.05) is 5.73 Å². The summed E-state index contributed by atoms with van der Waals surface area (Å²) in [6.45, 7) is 10.6. The van der Waals surface area contributed by atoms with Gasteiger partial charge in [-0.15, -0.1) is 0 Å². The summed E-state index contributed by atoms with van der Waals surface area (Å²) in [6, 6.07) is 0. The molecule has 0 fully saturated rings. The predicted octanol–water partition coefficient (Wildman–Crippen LogP) is 4.47. The smallest absolute Gasteiger partial charge is 0.223 e. The monoisotopic (exact) mass is 424 g/mol. The van der Waals surface area contributed by atoms with Gasteiger partial charge in [0, 0.05) is 10.7 Å². The molecule has 6 nitrogen and oxygen atoms in total. The van der Waals surface area contributed by atoms with E-state index in [-0.39, 0.29) is 5.95 Å². The molecular formula is C17H22BrClN6. The summed E-state index contributed by atoms with van der Waals surface area (Å²) in [5.74, 6) is 0.140. The van der Waals surface area contributed by atoms with Gasteiger partial charge < -0.3 is 5.73 Å². The second-order valence-electron chi connectivity index (χ2n) is 5.36. The van der Waals surface area contributed by atoms with Gasteiger partial charge in [0.15, 0.2) is 5.65 Å². The zero-order valence-electron chi connectivity index (χ0n) is 15.1. The number of fused-ring (bicyclic) bond motifs is 1. The Bertz CT molecular complexity index is 906. The van der Waals surface area contributed by atoms with E-state index >= 15 is 0 Å². The molecule has 0 atom stereocenters. The van der Waals surface area contributed by atoms with E-state index in [9.17, 15) is 0 Å². The molecule has 0 saturated carbocycles. The van der Waals surface area contributed by atoms with Crippen LogP contribution in [0.25, 0.3) is 11.0 Å². The average Bonchev–Trinajstić information content (AvgIpc) is 2.95. The molecule has 0 aliphatic carbocycles. The van der Waals surface area contributed by atoms with Crippen molar-refractivity contribution < 1.29 is 0 Å². The van der Waals surface area contributed by atoms with Gasteiger partial charge >= 0.3 is 0 Å². The lowest BCUT2D eigenvalue weighted by atomic mass is 10.1. The number of rotatable bonds is 3. The fraction of sp³-hybridized carbons (Fsp3) is 0.412. The number of nitrogens with two attached hydrogens (primary N) is 1. The molecule has 8 heteroatoms. The van der Waals surface area contributed by atoms with Crippen LogP contribution in [0.15, 0.2) is 10.7 Å². The Hall–Kier alpha value is -1.73. The Balaban J connectivity index is 0.00000109. The van der Waals surface area contributed by atoms with Crippen LogP contribution >= 0.6 is 27.5 Å². The molecule has 0 saturated heterocycles. The second-order valence-corrected chi connectivity index (χ2v) is 6.51. The summed E-state index contributed by atoms with van der Waals surface area (Å²) in [7, 11) is 0. The lowest BCUT2D eigenvalue weighted by Crippen LogP contribution is -2.08. The lowest BCUT2D eigenvalue weighted by molar-refractivity contribution is 0.671. The van der Waals surface area contributed by atoms with E-state index in [1.807, 2.05) is 40.8 Å². The molecule has 0 bridgehead atoms. The van der Waals surface area contributed by atoms with Crippen molar-refractivity contribution >= 4 is 44.5 Å². The lowest BCUT2D eigenvalue weighted by Gasteiger charge is -2.09. The number of aromatic nitrogens is 5. The standard InChI is InChI=1S/C15H16BrClN6.C2H6/c1-4-9-11-13(17)20-15(18)21-14(11)23(22-9)6-10-8(3)12(16)7(2)5-19-10;1-2/h5H,4,6H2,1-3H3,(H2,18,20,21);1-2H3. The summed E-state index contributed by atoms with van der Waals surface area (Å²) in [4.78, 5) is 12.9. The Labute approximate surface area is 161 Å². The van der Waals surface area contributed by atoms with Crippen LogP contribution in [0.5, 0.6) is 0 Å². The molecule has 0 aliphatic rings. The van der Waals surface area contributed by atoms with E-state index in [4.69, 9.17) is 17.3 Å². The van der Waals surface area contributed by atoms with Gasteiger partial charge in [0.25, 0.3) is 0 Å². The average molecular weight is 426 g/mol. The number of hydrogen-bond acceptors (Lipinski definition) is 5. The first-order valence-electron chi connectivity index (χ1n) is 8.21. The number of pyridine rings is 1. The van der Waals surface area contributed by atoms with Crippen molar-refractivity contribution in [1.82, 2.24) is 24.7 Å². The zero-order valence-corrected chi connectivity index (χ0v) is 17.4. The van der Waals surface area contributed by atoms with Crippen LogP contribution in [-0.2, 0) is 13.0 Å². The van der Waals surface area contributed by atoms with Crippen LogP contribution in [0.4, 0.5) is 5.95 Å². The summed E-state index contributed by atoms with van der Waals surface area (Å²) in [6.07, 6.45) is 2.58. The van der Waals surface area contributed by atoms with E-state index in [1.165, 1.54) is 0 Å². The van der Waals surface area contributed by atoms with E-state index in [0.717, 1.165) is 38.8 Å². The van der Waals surface area contributed by atoms with Crippen LogP contribution in [-0.4, -0.2) is 24.7 Å². The third kappa shape index (κ3) is 3.77. The minimum Gasteiger partial charge on any atom is -0.368 e. The Morgan fingerprint density at radius 2 is 1.88 bits per heavy atom. The molecule has 0 spiro atoms. The maximum absolute atomic E-state index is 6.23. The third-order valence-electron chi connectivity index (χ3n) is 3.79. The SMILES string of the molecule is CC.CCc1nn(Cc2ncc(C)c(Br)c2C)c2nc(N)nc(Cl)c12. The molecule has 2 N–H and O–H groups in total. The van der Waals surface area contributed by atoms with Gasteiger partial charge in [-0.05, 0) is 31.4 Å². The third-order valence-corrected chi connectivity index (χ3v) is 5.29. The van der Waals surface area contributed by atoms with Gasteiger partial charge in [-0.3, -0.25) is 4.98 Å². The fourth-order valence-corrected chi connectivity index (χ4v) is 3.14. The highest BCUT2D eigenvalue weighted by molar-refractivity contribution is 9.10. The van der Waals surface area contributed by atoms with E-state index in [2.05, 4.69) is 36.0 Å². The first kappa shape index (κ1) is 19.6. The van der Waals surface area contributed by atoms with Gasteiger partial charge in [-0.25, -0.2) is 9.67 Å². The van der Waals surface area contributed by atoms with Gasteiger partial charge in [-0.1, -0.05) is 48.3 Å². The Morgan fingerprint density at radius 3 is 2.52 bits per heavy atom. The van der Waals surface area contributed by atoms with Crippen molar-refractivity contribution in [3.8, 4) is 0 Å². The number of nitrogen functional groups attached to an aromatic ring is 1. The predicted molar refractivity (Wildman–Crippen MR) is 106 cm³/mol. The molecule has 25 heavy (non-hydrogen) atoms. The summed E-state index contributed by atoms with van der Waals surface area (Å²) in [5.41, 5.74) is 10.3. The van der Waals surface area contributed by atoms with Crippen LogP contribution in [0, 0.1) is 13.8 Å². The van der Waals surface area contributed by atoms with Crippen LogP contribution < -0.4 is 5.73 Å². The van der Waals surface area contributed by atoms with Crippen molar-refractivity contribution in [2.24, 2.45) is 0 Å². The molecule has 3 rings (SSSR count). The van der Waals surface area contributed by atoms with Crippen molar-refractivity contribution in [2.45, 2.75) is 47.6 Å². The number of halogens is 2. The highest BCUT2D eigenvalue weighted by atomic mass is 79.9. The van der Waals surface area contributed by atoms with Crippen LogP contribution in [0.2, 0.25) is 5.15 Å². The van der Waals surface area contributed by atoms with Gasteiger partial charge in [0.2, 0.25) is 5.95 Å². The normalized spacial score (nSPS) is 10.7. The first-order valence-corrected chi connectivity index (χ1v) is 9.38. The van der Waals surface area contributed by atoms with Crippen molar-refractivity contribution in [3.63, 3.8) is 0 Å². The first-order chi connectivity index (χ1) is 11.9. The van der Waals surface area contributed by atoms with Gasteiger partial charge in [-0.2, -0.15) is 10.1 Å². The number of anilines is 1. The molecule has 134 valence electrons. The van der Waals surface area contributed by atoms with Crippen molar-refractivity contribution in [1.29, 1.82) is 0 Å². The molecule has 0 aliphatic heterocycles. The number of hydrogen-bond donors (Lipinski definition) is 1. The topological polar surface area (TPSA) is 82.5 Å². The molecule has 3 aromatic rings. The highest BCUT2D eigenvalue weighted by Crippen LogP contribution is 2.27. The largest absolute Gasteiger partial charge is 0.368 e. The Kier molecular flexibility index (Phi) is 6.35. The molecule has 3 heterocycles. The summed E-state index contributed by atoms with van der Waals surface area (Å²) < 4.78 is 2.84. The number of nitrogens with zero attached hydrogens (tertiary/aromatic N) is 5. The Morgan fingerprint density at radius 1 is 1.20 bits per heavy atom. The molecule has 0 aromatic carbocycles. The van der Waals surface area contributed by atoms with E-state index in [1.54, 1.807) is 4.68 Å². The van der Waals surface area contributed by atoms with Crippen LogP contribution in [0.1, 0.15) is 43.3 Å². The second kappa shape index (κ2) is 8.10. The number of aryl methyl sites for hydroxylation is 2.